The molecule has 0 radical (unpaired) electrons. The fraction of sp³-hybridized carbons (Fsp3) is 0.100. The minimum absolute atomic E-state index is 0.0156. The third-order valence-electron chi connectivity index (χ3n) is 2.30. The van der Waals surface area contributed by atoms with Gasteiger partial charge in [-0.3, -0.25) is 5.10 Å². The van der Waals surface area contributed by atoms with Gasteiger partial charge in [-0.15, -0.1) is 0 Å². The number of rotatable bonds is 2. The molecule has 1 aromatic heterocycles. The summed E-state index contributed by atoms with van der Waals surface area (Å²) < 4.78 is 24.4. The summed E-state index contributed by atoms with van der Waals surface area (Å²) in [5, 5.41) is 6.03. The van der Waals surface area contributed by atoms with E-state index in [4.69, 9.17) is 5.73 Å². The molecule has 6 heteroatoms. The highest BCUT2D eigenvalue weighted by molar-refractivity contribution is 7.91. The molecule has 0 saturated carbocycles. The summed E-state index contributed by atoms with van der Waals surface area (Å²) in [5.41, 5.74) is 6.20. The van der Waals surface area contributed by atoms with Gasteiger partial charge >= 0.3 is 0 Å². The Kier molecular flexibility index (Phi) is 2.43. The number of nitrogens with zero attached hydrogens (tertiary/aromatic N) is 1. The second-order valence-electron chi connectivity index (χ2n) is 3.42. The summed E-state index contributed by atoms with van der Waals surface area (Å²) in [6.07, 6.45) is 1.22. The summed E-state index contributed by atoms with van der Waals surface area (Å²) in [5.74, 6) is 0.0586. The minimum Gasteiger partial charge on any atom is -0.383 e. The molecule has 0 aliphatic rings. The van der Waals surface area contributed by atoms with E-state index in [1.165, 1.54) is 6.20 Å². The third-order valence-corrected chi connectivity index (χ3v) is 4.25. The van der Waals surface area contributed by atoms with Gasteiger partial charge in [-0.2, -0.15) is 5.10 Å². The van der Waals surface area contributed by atoms with Crippen molar-refractivity contribution in [3.05, 3.63) is 36.0 Å². The van der Waals surface area contributed by atoms with Crippen LogP contribution < -0.4 is 5.73 Å². The normalized spacial score (nSPS) is 11.6. The van der Waals surface area contributed by atoms with Crippen molar-refractivity contribution in [2.75, 3.05) is 5.73 Å². The van der Waals surface area contributed by atoms with Crippen molar-refractivity contribution in [1.82, 2.24) is 10.2 Å². The zero-order chi connectivity index (χ0) is 11.8. The minimum atomic E-state index is -3.58. The SMILES string of the molecule is Cc1ccccc1S(=O)(=O)c1cn[nH]c1N. The predicted octanol–water partition coefficient (Wildman–Crippen LogP) is 1.13. The lowest BCUT2D eigenvalue weighted by Gasteiger charge is -2.05. The van der Waals surface area contributed by atoms with Crippen LogP contribution in [0.5, 0.6) is 0 Å². The van der Waals surface area contributed by atoms with Gasteiger partial charge in [0.1, 0.15) is 10.7 Å². The number of nitrogen functional groups attached to an aromatic ring is 1. The Hall–Kier alpha value is -1.82. The third kappa shape index (κ3) is 1.57. The van der Waals surface area contributed by atoms with Crippen LogP contribution in [0.2, 0.25) is 0 Å². The fourth-order valence-corrected chi connectivity index (χ4v) is 2.99. The van der Waals surface area contributed by atoms with Crippen molar-refractivity contribution in [2.24, 2.45) is 0 Å². The highest BCUT2D eigenvalue weighted by Crippen LogP contribution is 2.25. The number of nitrogens with one attached hydrogen (secondary N) is 1. The lowest BCUT2D eigenvalue weighted by molar-refractivity contribution is 0.596. The summed E-state index contributed by atoms with van der Waals surface area (Å²) in [4.78, 5) is 0.268. The van der Waals surface area contributed by atoms with E-state index >= 15 is 0 Å². The van der Waals surface area contributed by atoms with Crippen molar-refractivity contribution in [3.8, 4) is 0 Å². The molecule has 84 valence electrons. The first-order valence-corrected chi connectivity index (χ1v) is 6.11. The maximum absolute atomic E-state index is 12.2. The summed E-state index contributed by atoms with van der Waals surface area (Å²) in [6.45, 7) is 1.74. The van der Waals surface area contributed by atoms with Gasteiger partial charge < -0.3 is 5.73 Å². The van der Waals surface area contributed by atoms with Crippen LogP contribution in [0, 0.1) is 6.92 Å². The second-order valence-corrected chi connectivity index (χ2v) is 5.30. The monoisotopic (exact) mass is 237 g/mol. The Morgan fingerprint density at radius 1 is 1.25 bits per heavy atom. The van der Waals surface area contributed by atoms with Gasteiger partial charge in [0.05, 0.1) is 11.1 Å². The van der Waals surface area contributed by atoms with E-state index < -0.39 is 9.84 Å². The zero-order valence-electron chi connectivity index (χ0n) is 8.64. The molecule has 0 spiro atoms. The molecule has 0 saturated heterocycles. The molecule has 0 bridgehead atoms. The van der Waals surface area contributed by atoms with Crippen LogP contribution in [0.25, 0.3) is 0 Å². The molecule has 0 aliphatic carbocycles. The number of nitrogens with two attached hydrogens (primary N) is 1. The lowest BCUT2D eigenvalue weighted by Crippen LogP contribution is -2.05. The molecule has 16 heavy (non-hydrogen) atoms. The van der Waals surface area contributed by atoms with Crippen LogP contribution >= 0.6 is 0 Å². The Balaban J connectivity index is 2.66. The smallest absolute Gasteiger partial charge is 0.212 e. The zero-order valence-corrected chi connectivity index (χ0v) is 9.45. The number of hydrogen-bond donors (Lipinski definition) is 2. The van der Waals surface area contributed by atoms with Crippen molar-refractivity contribution >= 4 is 15.7 Å². The number of H-pyrrole nitrogens is 1. The summed E-state index contributed by atoms with van der Waals surface area (Å²) >= 11 is 0. The molecule has 1 heterocycles. The Labute approximate surface area is 93.2 Å². The molecule has 3 N–H and O–H groups in total. The molecule has 2 aromatic rings. The maximum Gasteiger partial charge on any atom is 0.212 e. The summed E-state index contributed by atoms with van der Waals surface area (Å²) in [7, 11) is -3.58. The van der Waals surface area contributed by atoms with Gasteiger partial charge in [0.25, 0.3) is 0 Å². The van der Waals surface area contributed by atoms with Crippen molar-refractivity contribution in [3.63, 3.8) is 0 Å². The van der Waals surface area contributed by atoms with E-state index in [9.17, 15) is 8.42 Å². The Morgan fingerprint density at radius 2 is 1.94 bits per heavy atom. The second kappa shape index (κ2) is 3.64. The van der Waals surface area contributed by atoms with Crippen LogP contribution in [-0.4, -0.2) is 18.6 Å². The Morgan fingerprint density at radius 3 is 2.50 bits per heavy atom. The average molecular weight is 237 g/mol. The molecular weight excluding hydrogens is 226 g/mol. The molecule has 0 unspecified atom stereocenters. The topological polar surface area (TPSA) is 88.8 Å². The highest BCUT2D eigenvalue weighted by Gasteiger charge is 2.23. The maximum atomic E-state index is 12.2. The van der Waals surface area contributed by atoms with Gasteiger partial charge in [-0.05, 0) is 18.6 Å². The van der Waals surface area contributed by atoms with E-state index in [0.29, 0.717) is 5.56 Å². The summed E-state index contributed by atoms with van der Waals surface area (Å²) in [6, 6.07) is 6.75. The number of aromatic amines is 1. The van der Waals surface area contributed by atoms with Crippen molar-refractivity contribution < 1.29 is 8.42 Å². The van der Waals surface area contributed by atoms with Gasteiger partial charge in [0.2, 0.25) is 9.84 Å². The van der Waals surface area contributed by atoms with Gasteiger partial charge in [-0.1, -0.05) is 18.2 Å². The first-order valence-electron chi connectivity index (χ1n) is 4.63. The fourth-order valence-electron chi connectivity index (χ4n) is 1.48. The van der Waals surface area contributed by atoms with E-state index in [1.807, 2.05) is 0 Å². The average Bonchev–Trinajstić information content (AvgIpc) is 2.65. The number of aryl methyl sites for hydroxylation is 1. The lowest BCUT2D eigenvalue weighted by atomic mass is 10.2. The van der Waals surface area contributed by atoms with Gasteiger partial charge in [-0.25, -0.2) is 8.42 Å². The van der Waals surface area contributed by atoms with Gasteiger partial charge in [0, 0.05) is 0 Å². The van der Waals surface area contributed by atoms with Crippen LogP contribution in [0.3, 0.4) is 0 Å². The molecule has 0 amide bonds. The molecular formula is C10H11N3O2S. The Bertz CT molecular complexity index is 616. The highest BCUT2D eigenvalue weighted by atomic mass is 32.2. The largest absolute Gasteiger partial charge is 0.383 e. The van der Waals surface area contributed by atoms with Crippen LogP contribution in [0.4, 0.5) is 5.82 Å². The number of anilines is 1. The van der Waals surface area contributed by atoms with Crippen LogP contribution in [0.15, 0.2) is 40.3 Å². The van der Waals surface area contributed by atoms with Crippen LogP contribution in [0.1, 0.15) is 5.56 Å². The molecule has 0 fully saturated rings. The molecule has 0 atom stereocenters. The van der Waals surface area contributed by atoms with E-state index in [1.54, 1.807) is 31.2 Å². The number of hydrogen-bond acceptors (Lipinski definition) is 4. The predicted molar refractivity (Wildman–Crippen MR) is 59.6 cm³/mol. The first kappa shape index (κ1) is 10.7. The van der Waals surface area contributed by atoms with E-state index in [2.05, 4.69) is 10.2 Å². The molecule has 2 rings (SSSR count). The molecule has 5 nitrogen and oxygen atoms in total. The van der Waals surface area contributed by atoms with Crippen LogP contribution in [-0.2, 0) is 9.84 Å². The number of sulfone groups is 1. The van der Waals surface area contributed by atoms with Crippen molar-refractivity contribution in [1.29, 1.82) is 0 Å². The van der Waals surface area contributed by atoms with Crippen molar-refractivity contribution in [2.45, 2.75) is 16.7 Å². The number of aromatic nitrogens is 2. The molecule has 1 aromatic carbocycles. The van der Waals surface area contributed by atoms with E-state index in [0.717, 1.165) is 0 Å². The van der Waals surface area contributed by atoms with Gasteiger partial charge in [0.15, 0.2) is 0 Å². The quantitative estimate of drug-likeness (QED) is 0.819. The molecule has 0 aliphatic heterocycles. The number of benzene rings is 1. The van der Waals surface area contributed by atoms with E-state index in [-0.39, 0.29) is 15.6 Å². The first-order chi connectivity index (χ1) is 7.53. The standard InChI is InChI=1S/C10H11N3O2S/c1-7-4-2-3-5-8(7)16(14,15)9-6-12-13-10(9)11/h2-6H,1H3,(H3,11,12,13).